The lowest BCUT2D eigenvalue weighted by Crippen LogP contribution is -2.13. The van der Waals surface area contributed by atoms with Crippen LogP contribution in [0, 0.1) is 0 Å². The quantitative estimate of drug-likeness (QED) is 0.803. The molecule has 1 aromatic heterocycles. The van der Waals surface area contributed by atoms with Crippen molar-refractivity contribution in [3.8, 4) is 0 Å². The van der Waals surface area contributed by atoms with Crippen molar-refractivity contribution in [3.63, 3.8) is 0 Å². The number of amides is 2. The summed E-state index contributed by atoms with van der Waals surface area (Å²) in [4.78, 5) is 26.7. The standard InChI is InChI=1S/C12H12N4O3S/c1-19-12(18)15-8-4-2-7(3-5-8)14-10(17)9-6-20-11(13)16-9/h2-6H,1H3,(H2,13,16)(H,14,17)(H,15,18). The summed E-state index contributed by atoms with van der Waals surface area (Å²) in [6, 6.07) is 6.59. The molecule has 0 saturated heterocycles. The number of rotatable bonds is 3. The lowest BCUT2D eigenvalue weighted by atomic mass is 10.2. The van der Waals surface area contributed by atoms with E-state index in [4.69, 9.17) is 5.73 Å². The van der Waals surface area contributed by atoms with Crippen LogP contribution in [-0.2, 0) is 4.74 Å². The number of aromatic nitrogens is 1. The van der Waals surface area contributed by atoms with Crippen LogP contribution >= 0.6 is 11.3 Å². The number of nitrogens with zero attached hydrogens (tertiary/aromatic N) is 1. The molecule has 2 aromatic rings. The number of methoxy groups -OCH3 is 1. The molecule has 7 nitrogen and oxygen atoms in total. The van der Waals surface area contributed by atoms with Crippen LogP contribution in [0.25, 0.3) is 0 Å². The molecule has 4 N–H and O–H groups in total. The molecular weight excluding hydrogens is 280 g/mol. The number of nitrogen functional groups attached to an aromatic ring is 1. The van der Waals surface area contributed by atoms with E-state index in [1.807, 2.05) is 0 Å². The molecule has 1 aromatic carbocycles. The Labute approximate surface area is 118 Å². The summed E-state index contributed by atoms with van der Waals surface area (Å²) in [7, 11) is 1.28. The zero-order valence-corrected chi connectivity index (χ0v) is 11.4. The first-order chi connectivity index (χ1) is 9.58. The van der Waals surface area contributed by atoms with Crippen LogP contribution in [0.2, 0.25) is 0 Å². The predicted octanol–water partition coefficient (Wildman–Crippen LogP) is 2.16. The monoisotopic (exact) mass is 292 g/mol. The highest BCUT2D eigenvalue weighted by molar-refractivity contribution is 7.13. The van der Waals surface area contributed by atoms with Gasteiger partial charge < -0.3 is 15.8 Å². The van der Waals surface area contributed by atoms with Crippen molar-refractivity contribution >= 4 is 39.8 Å². The summed E-state index contributed by atoms with van der Waals surface area (Å²) in [5.41, 5.74) is 6.88. The van der Waals surface area contributed by atoms with Gasteiger partial charge >= 0.3 is 6.09 Å². The zero-order chi connectivity index (χ0) is 14.5. The van der Waals surface area contributed by atoms with Crippen LogP contribution in [0.15, 0.2) is 29.6 Å². The van der Waals surface area contributed by atoms with Crippen molar-refractivity contribution in [2.75, 3.05) is 23.5 Å². The number of hydrogen-bond acceptors (Lipinski definition) is 6. The third-order valence-electron chi connectivity index (χ3n) is 2.33. The largest absolute Gasteiger partial charge is 0.453 e. The van der Waals surface area contributed by atoms with E-state index in [0.717, 1.165) is 0 Å². The molecule has 0 aliphatic carbocycles. The highest BCUT2D eigenvalue weighted by atomic mass is 32.1. The Hall–Kier alpha value is -2.61. The van der Waals surface area contributed by atoms with E-state index in [-0.39, 0.29) is 11.6 Å². The number of thiazole rings is 1. The van der Waals surface area contributed by atoms with E-state index in [1.54, 1.807) is 29.6 Å². The normalized spacial score (nSPS) is 9.85. The Morgan fingerprint density at radius 2 is 1.80 bits per heavy atom. The van der Waals surface area contributed by atoms with Crippen LogP contribution in [0.3, 0.4) is 0 Å². The van der Waals surface area contributed by atoms with Gasteiger partial charge in [-0.3, -0.25) is 10.1 Å². The molecule has 0 radical (unpaired) electrons. The second-order valence-electron chi connectivity index (χ2n) is 3.72. The van der Waals surface area contributed by atoms with Gasteiger partial charge in [0.05, 0.1) is 7.11 Å². The van der Waals surface area contributed by atoms with Crippen LogP contribution in [0.1, 0.15) is 10.5 Å². The molecule has 0 fully saturated rings. The fourth-order valence-corrected chi connectivity index (χ4v) is 1.94. The first-order valence-electron chi connectivity index (χ1n) is 5.56. The van der Waals surface area contributed by atoms with Gasteiger partial charge in [0, 0.05) is 16.8 Å². The molecule has 8 heteroatoms. The summed E-state index contributed by atoms with van der Waals surface area (Å²) in [6.07, 6.45) is -0.556. The molecule has 20 heavy (non-hydrogen) atoms. The van der Waals surface area contributed by atoms with Crippen molar-refractivity contribution < 1.29 is 14.3 Å². The minimum atomic E-state index is -0.556. The van der Waals surface area contributed by atoms with E-state index in [0.29, 0.717) is 16.5 Å². The molecule has 0 aliphatic rings. The molecule has 0 aliphatic heterocycles. The van der Waals surface area contributed by atoms with Gasteiger partial charge in [0.1, 0.15) is 5.69 Å². The number of ether oxygens (including phenoxy) is 1. The van der Waals surface area contributed by atoms with Gasteiger partial charge in [0.25, 0.3) is 5.91 Å². The molecule has 1 heterocycles. The van der Waals surface area contributed by atoms with Crippen LogP contribution in [0.4, 0.5) is 21.3 Å². The van der Waals surface area contributed by atoms with E-state index in [1.165, 1.54) is 18.4 Å². The lowest BCUT2D eigenvalue weighted by Gasteiger charge is -2.06. The molecule has 0 unspecified atom stereocenters. The first-order valence-corrected chi connectivity index (χ1v) is 6.44. The highest BCUT2D eigenvalue weighted by Crippen LogP contribution is 2.16. The number of nitrogens with one attached hydrogen (secondary N) is 2. The van der Waals surface area contributed by atoms with Crippen LogP contribution in [0.5, 0.6) is 0 Å². The molecule has 0 spiro atoms. The zero-order valence-electron chi connectivity index (χ0n) is 10.5. The second kappa shape index (κ2) is 6.02. The molecule has 104 valence electrons. The predicted molar refractivity (Wildman–Crippen MR) is 76.9 cm³/mol. The number of anilines is 3. The molecule has 0 saturated carbocycles. The van der Waals surface area contributed by atoms with Crippen molar-refractivity contribution in [2.45, 2.75) is 0 Å². The highest BCUT2D eigenvalue weighted by Gasteiger charge is 2.10. The van der Waals surface area contributed by atoms with E-state index in [2.05, 4.69) is 20.4 Å². The van der Waals surface area contributed by atoms with Gasteiger partial charge in [-0.15, -0.1) is 11.3 Å². The molecule has 0 atom stereocenters. The molecular formula is C12H12N4O3S. The van der Waals surface area contributed by atoms with Gasteiger partial charge in [-0.05, 0) is 24.3 Å². The van der Waals surface area contributed by atoms with Crippen molar-refractivity contribution in [3.05, 3.63) is 35.3 Å². The van der Waals surface area contributed by atoms with Gasteiger partial charge in [0.2, 0.25) is 0 Å². The third kappa shape index (κ3) is 3.45. The average molecular weight is 292 g/mol. The van der Waals surface area contributed by atoms with Crippen molar-refractivity contribution in [1.82, 2.24) is 4.98 Å². The van der Waals surface area contributed by atoms with Crippen molar-refractivity contribution in [1.29, 1.82) is 0 Å². The average Bonchev–Trinajstić information content (AvgIpc) is 2.87. The summed E-state index contributed by atoms with van der Waals surface area (Å²) in [5, 5.41) is 7.10. The summed E-state index contributed by atoms with van der Waals surface area (Å²) in [5.74, 6) is -0.341. The minimum absolute atomic E-state index is 0.268. The third-order valence-corrected chi connectivity index (χ3v) is 3.00. The fraction of sp³-hybridized carbons (Fsp3) is 0.0833. The van der Waals surface area contributed by atoms with Crippen LogP contribution < -0.4 is 16.4 Å². The van der Waals surface area contributed by atoms with Gasteiger partial charge in [-0.25, -0.2) is 9.78 Å². The Morgan fingerprint density at radius 3 is 2.30 bits per heavy atom. The Kier molecular flexibility index (Phi) is 4.16. The number of carbonyl (C=O) groups is 2. The number of benzene rings is 1. The van der Waals surface area contributed by atoms with Gasteiger partial charge in [-0.1, -0.05) is 0 Å². The summed E-state index contributed by atoms with van der Waals surface area (Å²) in [6.45, 7) is 0. The Morgan fingerprint density at radius 1 is 1.20 bits per heavy atom. The maximum absolute atomic E-state index is 11.8. The summed E-state index contributed by atoms with van der Waals surface area (Å²) < 4.78 is 4.47. The number of hydrogen-bond donors (Lipinski definition) is 3. The SMILES string of the molecule is COC(=O)Nc1ccc(NC(=O)c2csc(N)n2)cc1. The van der Waals surface area contributed by atoms with Gasteiger partial charge in [0.15, 0.2) is 5.13 Å². The Bertz CT molecular complexity index is 624. The first kappa shape index (κ1) is 13.8. The van der Waals surface area contributed by atoms with E-state index in [9.17, 15) is 9.59 Å². The fourth-order valence-electron chi connectivity index (χ4n) is 1.39. The maximum atomic E-state index is 11.8. The maximum Gasteiger partial charge on any atom is 0.411 e. The molecule has 2 rings (SSSR count). The minimum Gasteiger partial charge on any atom is -0.453 e. The lowest BCUT2D eigenvalue weighted by molar-refractivity contribution is 0.102. The number of nitrogens with two attached hydrogens (primary N) is 1. The van der Waals surface area contributed by atoms with E-state index < -0.39 is 6.09 Å². The topological polar surface area (TPSA) is 106 Å². The van der Waals surface area contributed by atoms with Crippen molar-refractivity contribution in [2.24, 2.45) is 0 Å². The number of carbonyl (C=O) groups excluding carboxylic acids is 2. The molecule has 2 amide bonds. The Balaban J connectivity index is 2.00. The van der Waals surface area contributed by atoms with Gasteiger partial charge in [-0.2, -0.15) is 0 Å². The smallest absolute Gasteiger partial charge is 0.411 e. The van der Waals surface area contributed by atoms with Crippen LogP contribution in [-0.4, -0.2) is 24.1 Å². The van der Waals surface area contributed by atoms with E-state index >= 15 is 0 Å². The molecule has 0 bridgehead atoms. The summed E-state index contributed by atoms with van der Waals surface area (Å²) >= 11 is 1.20. The second-order valence-corrected chi connectivity index (χ2v) is 4.61.